The van der Waals surface area contributed by atoms with E-state index in [1.54, 1.807) is 4.57 Å². The Morgan fingerprint density at radius 2 is 2.08 bits per heavy atom. The molecule has 2 aromatic heterocycles. The molecule has 2 amide bonds. The molecule has 4 N–H and O–H groups in total. The summed E-state index contributed by atoms with van der Waals surface area (Å²) in [5.41, 5.74) is 4.90. The van der Waals surface area contributed by atoms with Crippen LogP contribution in [0.15, 0.2) is 51.2 Å². The van der Waals surface area contributed by atoms with Crippen molar-refractivity contribution in [1.29, 1.82) is 0 Å². The quantitative estimate of drug-likeness (QED) is 0.153. The molecule has 0 radical (unpaired) electrons. The minimum Gasteiger partial charge on any atom is -0.477 e. The number of fused-ring (bicyclic) bond motifs is 1. The second kappa shape index (κ2) is 10.6. The number of carbonyl (C=O) groups excluding carboxylic acids is 2. The van der Waals surface area contributed by atoms with Gasteiger partial charge in [-0.25, -0.2) is 22.8 Å². The van der Waals surface area contributed by atoms with Gasteiger partial charge in [-0.15, -0.1) is 23.1 Å². The first kappa shape index (κ1) is 27.4. The van der Waals surface area contributed by atoms with E-state index in [0.717, 1.165) is 22.5 Å². The van der Waals surface area contributed by atoms with Gasteiger partial charge < -0.3 is 21.0 Å². The first-order valence-corrected chi connectivity index (χ1v) is 14.3. The SMILES string of the molecule is CS(=O)(=O)c1cc[n+](CC2=C(C(=O)O)N3C(=O)C(NC(=O)C(=NOC(F)F)c4csc(N)n4)[C@H]3SC2)cc1. The van der Waals surface area contributed by atoms with E-state index in [9.17, 15) is 36.7 Å². The number of nitrogens with zero attached hydrogens (tertiary/aromatic N) is 4. The molecule has 0 aromatic carbocycles. The lowest BCUT2D eigenvalue weighted by atomic mass is 10.0. The van der Waals surface area contributed by atoms with Crippen LogP contribution in [0.2, 0.25) is 0 Å². The van der Waals surface area contributed by atoms with Crippen molar-refractivity contribution in [1.82, 2.24) is 15.2 Å². The number of nitrogens with one attached hydrogen (secondary N) is 1. The molecule has 1 fully saturated rings. The van der Waals surface area contributed by atoms with Crippen molar-refractivity contribution >= 4 is 61.6 Å². The number of anilines is 1. The normalized spacial score (nSPS) is 19.7. The number of carboxylic acids is 1. The number of hydrogen-bond donors (Lipinski definition) is 3. The number of aliphatic carboxylic acids is 1. The third kappa shape index (κ3) is 5.60. The van der Waals surface area contributed by atoms with Crippen LogP contribution in [0.4, 0.5) is 13.9 Å². The summed E-state index contributed by atoms with van der Waals surface area (Å²) < 4.78 is 50.0. The van der Waals surface area contributed by atoms with Crippen molar-refractivity contribution in [3.05, 3.63) is 46.9 Å². The summed E-state index contributed by atoms with van der Waals surface area (Å²) in [5, 5.41) is 15.9. The number of nitrogens with two attached hydrogens (primary N) is 1. The van der Waals surface area contributed by atoms with Gasteiger partial charge in [-0.1, -0.05) is 5.16 Å². The van der Waals surface area contributed by atoms with E-state index in [2.05, 4.69) is 20.3 Å². The van der Waals surface area contributed by atoms with Gasteiger partial charge in [0.05, 0.1) is 4.90 Å². The maximum Gasteiger partial charge on any atom is 0.407 e. The van der Waals surface area contributed by atoms with Gasteiger partial charge in [0.1, 0.15) is 22.8 Å². The Morgan fingerprint density at radius 3 is 2.63 bits per heavy atom. The number of oxime groups is 1. The molecular weight excluding hydrogens is 570 g/mol. The molecule has 0 spiro atoms. The molecule has 1 unspecified atom stereocenters. The molecule has 4 rings (SSSR count). The molecule has 0 aliphatic carbocycles. The summed E-state index contributed by atoms with van der Waals surface area (Å²) in [6.45, 7) is -3.25. The third-order valence-corrected chi connectivity index (χ3v) is 8.54. The highest BCUT2D eigenvalue weighted by atomic mass is 32.2. The molecule has 2 aromatic rings. The van der Waals surface area contributed by atoms with Crippen LogP contribution in [0.25, 0.3) is 0 Å². The summed E-state index contributed by atoms with van der Waals surface area (Å²) in [4.78, 5) is 46.7. The van der Waals surface area contributed by atoms with Crippen molar-refractivity contribution in [2.75, 3.05) is 17.7 Å². The van der Waals surface area contributed by atoms with Gasteiger partial charge in [-0.2, -0.15) is 8.78 Å². The van der Waals surface area contributed by atoms with Gasteiger partial charge in [0, 0.05) is 35.1 Å². The number of thioether (sulfide) groups is 1. The molecule has 38 heavy (non-hydrogen) atoms. The predicted octanol–water partition coefficient (Wildman–Crippen LogP) is -0.202. The van der Waals surface area contributed by atoms with E-state index in [1.807, 2.05) is 0 Å². The van der Waals surface area contributed by atoms with Gasteiger partial charge >= 0.3 is 12.6 Å². The number of pyridine rings is 1. The smallest absolute Gasteiger partial charge is 0.407 e. The number of aromatic nitrogens is 2. The van der Waals surface area contributed by atoms with Gasteiger partial charge in [0.2, 0.25) is 0 Å². The number of carboxylic acid groups (broad SMARTS) is 1. The summed E-state index contributed by atoms with van der Waals surface area (Å²) in [5.74, 6) is -2.94. The summed E-state index contributed by atoms with van der Waals surface area (Å²) >= 11 is 2.12. The summed E-state index contributed by atoms with van der Waals surface area (Å²) in [7, 11) is -3.41. The Hall–Kier alpha value is -3.64. The fourth-order valence-electron chi connectivity index (χ4n) is 3.72. The van der Waals surface area contributed by atoms with Crippen LogP contribution in [-0.4, -0.2) is 76.9 Å². The molecular formula is C20H19F2N6O7S3+. The van der Waals surface area contributed by atoms with Gasteiger partial charge in [0.25, 0.3) is 11.8 Å². The Balaban J connectivity index is 1.53. The Kier molecular flexibility index (Phi) is 7.65. The predicted molar refractivity (Wildman–Crippen MR) is 130 cm³/mol. The zero-order chi connectivity index (χ0) is 27.8. The number of β-lactam (4-membered cyclic amide) rings is 1. The first-order chi connectivity index (χ1) is 17.9. The minimum atomic E-state index is -3.41. The average molecular weight is 590 g/mol. The summed E-state index contributed by atoms with van der Waals surface area (Å²) in [6, 6.07) is 1.59. The van der Waals surface area contributed by atoms with Gasteiger partial charge in [-0.05, 0) is 0 Å². The number of sulfone groups is 1. The number of nitrogen functional groups attached to an aromatic ring is 1. The van der Waals surface area contributed by atoms with Crippen molar-refractivity contribution in [3.63, 3.8) is 0 Å². The highest BCUT2D eigenvalue weighted by molar-refractivity contribution is 8.00. The summed E-state index contributed by atoms with van der Waals surface area (Å²) in [6.07, 6.45) is 4.02. The average Bonchev–Trinajstić information content (AvgIpc) is 3.27. The zero-order valence-corrected chi connectivity index (χ0v) is 21.7. The topological polar surface area (TPSA) is 185 Å². The molecule has 202 valence electrons. The molecule has 0 bridgehead atoms. The standard InChI is InChI=1S/C20H18F2N6O7S3/c1-38(33,34)10-2-4-27(5-3-10)6-9-7-36-17-13(16(30)28(17)14(9)18(31)32)25-15(29)12(26-35-19(21)22)11-8-37-20(23)24-11/h2-5,8,13,17,19H,6-7H2,1H3,(H3-,23,24,25,29,31,32)/p+1/t13?,17-/m1/s1. The number of thiazole rings is 1. The second-order valence-corrected chi connectivity index (χ2v) is 12.0. The molecule has 4 heterocycles. The zero-order valence-electron chi connectivity index (χ0n) is 19.3. The number of rotatable bonds is 9. The van der Waals surface area contributed by atoms with E-state index in [4.69, 9.17) is 5.73 Å². The van der Waals surface area contributed by atoms with Crippen LogP contribution in [0.1, 0.15) is 5.69 Å². The largest absolute Gasteiger partial charge is 0.477 e. The van der Waals surface area contributed by atoms with Crippen LogP contribution < -0.4 is 15.6 Å². The molecule has 0 saturated carbocycles. The fourth-order valence-corrected chi connectivity index (χ4v) is 6.22. The number of alkyl halides is 2. The maximum atomic E-state index is 12.9. The second-order valence-electron chi connectivity index (χ2n) is 7.97. The Bertz CT molecular complexity index is 1460. The lowest BCUT2D eigenvalue weighted by Crippen LogP contribution is -2.71. The number of hydrogen-bond acceptors (Lipinski definition) is 11. The van der Waals surface area contributed by atoms with E-state index in [-0.39, 0.29) is 33.7 Å². The van der Waals surface area contributed by atoms with E-state index in [1.165, 1.54) is 41.7 Å². The highest BCUT2D eigenvalue weighted by Gasteiger charge is 2.54. The van der Waals surface area contributed by atoms with Crippen molar-refractivity contribution in [2.24, 2.45) is 5.16 Å². The van der Waals surface area contributed by atoms with E-state index < -0.39 is 51.4 Å². The molecule has 2 aliphatic rings. The van der Waals surface area contributed by atoms with Gasteiger partial charge in [-0.3, -0.25) is 14.5 Å². The fraction of sp³-hybridized carbons (Fsp3) is 0.300. The number of carbonyl (C=O) groups is 3. The Labute approximate surface area is 221 Å². The van der Waals surface area contributed by atoms with E-state index >= 15 is 0 Å². The van der Waals surface area contributed by atoms with Crippen molar-refractivity contribution in [3.8, 4) is 0 Å². The maximum absolute atomic E-state index is 12.9. The molecule has 1 saturated heterocycles. The molecule has 18 heteroatoms. The van der Waals surface area contributed by atoms with E-state index in [0.29, 0.717) is 5.57 Å². The van der Waals surface area contributed by atoms with Crippen LogP contribution in [0.3, 0.4) is 0 Å². The van der Waals surface area contributed by atoms with Crippen LogP contribution in [0.5, 0.6) is 0 Å². The lowest BCUT2D eigenvalue weighted by molar-refractivity contribution is -0.689. The monoisotopic (exact) mass is 589 g/mol. The van der Waals surface area contributed by atoms with Crippen molar-refractivity contribution < 1.29 is 46.1 Å². The van der Waals surface area contributed by atoms with Crippen molar-refractivity contribution in [2.45, 2.75) is 29.5 Å². The Morgan fingerprint density at radius 1 is 1.39 bits per heavy atom. The minimum absolute atomic E-state index is 0.0406. The molecule has 2 aliphatic heterocycles. The molecule has 13 nitrogen and oxygen atoms in total. The number of halogens is 2. The highest BCUT2D eigenvalue weighted by Crippen LogP contribution is 2.40. The number of amides is 2. The third-order valence-electron chi connectivity index (χ3n) is 5.40. The first-order valence-electron chi connectivity index (χ1n) is 10.5. The van der Waals surface area contributed by atoms with Gasteiger partial charge in [0.15, 0.2) is 39.6 Å². The van der Waals surface area contributed by atoms with Crippen LogP contribution in [0, 0.1) is 0 Å². The van der Waals surface area contributed by atoms with Crippen LogP contribution in [-0.2, 0) is 35.6 Å². The molecule has 2 atom stereocenters. The van der Waals surface area contributed by atoms with Crippen LogP contribution >= 0.6 is 23.1 Å². The lowest BCUT2D eigenvalue weighted by Gasteiger charge is -2.49.